The first-order chi connectivity index (χ1) is 9.12. The van der Waals surface area contributed by atoms with Crippen molar-refractivity contribution in [2.75, 3.05) is 13.1 Å². The van der Waals surface area contributed by atoms with E-state index in [2.05, 4.69) is 12.1 Å². The number of nitrogens with zero attached hydrogens (tertiary/aromatic N) is 1. The molecule has 1 aliphatic heterocycles. The van der Waals surface area contributed by atoms with Gasteiger partial charge in [-0.3, -0.25) is 4.48 Å². The Morgan fingerprint density at radius 3 is 2.47 bits per heavy atom. The Balaban J connectivity index is 2.16. The number of quaternary nitrogens is 1. The third-order valence-corrected chi connectivity index (χ3v) is 4.47. The summed E-state index contributed by atoms with van der Waals surface area (Å²) in [5, 5.41) is 0. The molecule has 106 valence electrons. The van der Waals surface area contributed by atoms with E-state index in [1.165, 1.54) is 12.0 Å². The second-order valence-corrected chi connectivity index (χ2v) is 5.87. The fourth-order valence-corrected chi connectivity index (χ4v) is 3.35. The summed E-state index contributed by atoms with van der Waals surface area (Å²) in [5.74, 6) is 0. The SMILES string of the molecule is CC(OS(=O)[O-])[N+]1(Cc2ccccc2)CCCCC1. The lowest BCUT2D eigenvalue weighted by atomic mass is 10.0. The molecule has 1 fully saturated rings. The maximum Gasteiger partial charge on any atom is 0.204 e. The Morgan fingerprint density at radius 2 is 1.89 bits per heavy atom. The normalized spacial score (nSPS) is 21.8. The van der Waals surface area contributed by atoms with E-state index in [4.69, 9.17) is 4.18 Å². The molecule has 2 unspecified atom stereocenters. The molecular formula is C14H21NO3S. The number of likely N-dealkylation sites (tertiary alicyclic amines) is 1. The van der Waals surface area contributed by atoms with Gasteiger partial charge in [-0.15, -0.1) is 0 Å². The van der Waals surface area contributed by atoms with Crippen LogP contribution < -0.4 is 0 Å². The predicted octanol–water partition coefficient (Wildman–Crippen LogP) is 2.34. The number of hydrogen-bond donors (Lipinski definition) is 0. The van der Waals surface area contributed by atoms with Crippen LogP contribution in [0.3, 0.4) is 0 Å². The van der Waals surface area contributed by atoms with Gasteiger partial charge < -0.3 is 4.55 Å². The van der Waals surface area contributed by atoms with Crippen molar-refractivity contribution in [1.29, 1.82) is 0 Å². The highest BCUT2D eigenvalue weighted by Crippen LogP contribution is 2.27. The van der Waals surface area contributed by atoms with E-state index < -0.39 is 11.4 Å². The van der Waals surface area contributed by atoms with Crippen LogP contribution in [0, 0.1) is 0 Å². The average Bonchev–Trinajstić information content (AvgIpc) is 2.40. The van der Waals surface area contributed by atoms with Crippen molar-refractivity contribution < 1.29 is 17.4 Å². The van der Waals surface area contributed by atoms with Crippen LogP contribution in [0.5, 0.6) is 0 Å². The molecule has 0 spiro atoms. The van der Waals surface area contributed by atoms with E-state index in [1.54, 1.807) is 0 Å². The highest BCUT2D eigenvalue weighted by Gasteiger charge is 2.36. The summed E-state index contributed by atoms with van der Waals surface area (Å²) in [7, 11) is 0. The quantitative estimate of drug-likeness (QED) is 0.615. The Kier molecular flexibility index (Phi) is 5.10. The summed E-state index contributed by atoms with van der Waals surface area (Å²) >= 11 is -2.45. The van der Waals surface area contributed by atoms with Crippen molar-refractivity contribution in [2.45, 2.75) is 39.0 Å². The third-order valence-electron chi connectivity index (χ3n) is 4.04. The molecule has 5 heteroatoms. The zero-order valence-electron chi connectivity index (χ0n) is 11.3. The van der Waals surface area contributed by atoms with Gasteiger partial charge in [-0.1, -0.05) is 30.3 Å². The van der Waals surface area contributed by atoms with Gasteiger partial charge in [0.25, 0.3) is 0 Å². The molecule has 0 saturated carbocycles. The van der Waals surface area contributed by atoms with Crippen molar-refractivity contribution in [1.82, 2.24) is 0 Å². The maximum absolute atomic E-state index is 10.8. The smallest absolute Gasteiger partial charge is 0.204 e. The fraction of sp³-hybridized carbons (Fsp3) is 0.571. The van der Waals surface area contributed by atoms with Crippen LogP contribution in [0.15, 0.2) is 30.3 Å². The third kappa shape index (κ3) is 3.86. The summed E-state index contributed by atoms with van der Waals surface area (Å²) < 4.78 is 27.4. The van der Waals surface area contributed by atoms with Gasteiger partial charge in [-0.25, -0.2) is 8.39 Å². The lowest BCUT2D eigenvalue weighted by molar-refractivity contribution is -0.981. The van der Waals surface area contributed by atoms with E-state index in [9.17, 15) is 8.76 Å². The zero-order valence-corrected chi connectivity index (χ0v) is 12.1. The number of piperidine rings is 1. The van der Waals surface area contributed by atoms with Crippen molar-refractivity contribution in [3.8, 4) is 0 Å². The van der Waals surface area contributed by atoms with E-state index in [-0.39, 0.29) is 6.23 Å². The van der Waals surface area contributed by atoms with E-state index in [0.29, 0.717) is 4.48 Å². The average molecular weight is 283 g/mol. The molecule has 1 aromatic carbocycles. The molecule has 2 rings (SSSR count). The highest BCUT2D eigenvalue weighted by molar-refractivity contribution is 7.74. The van der Waals surface area contributed by atoms with Crippen LogP contribution in [-0.4, -0.2) is 32.6 Å². The van der Waals surface area contributed by atoms with Crippen LogP contribution >= 0.6 is 0 Å². The van der Waals surface area contributed by atoms with Crippen molar-refractivity contribution in [3.63, 3.8) is 0 Å². The molecule has 0 aromatic heterocycles. The molecule has 1 aromatic rings. The molecule has 2 atom stereocenters. The highest BCUT2D eigenvalue weighted by atomic mass is 32.2. The van der Waals surface area contributed by atoms with Crippen molar-refractivity contribution in [3.05, 3.63) is 35.9 Å². The van der Waals surface area contributed by atoms with E-state index >= 15 is 0 Å². The Labute approximate surface area is 117 Å². The topological polar surface area (TPSA) is 49.4 Å². The fourth-order valence-electron chi connectivity index (χ4n) is 2.94. The van der Waals surface area contributed by atoms with Crippen LogP contribution in [0.2, 0.25) is 0 Å². The molecule has 0 amide bonds. The lowest BCUT2D eigenvalue weighted by Gasteiger charge is -2.45. The van der Waals surface area contributed by atoms with Gasteiger partial charge in [0.15, 0.2) is 0 Å². The standard InChI is InChI=1S/C14H21NO3S/c1-13(18-19(16)17)15(10-6-3-7-11-15)12-14-8-4-2-5-9-14/h2,4-5,8-9,13H,3,6-7,10-12H2,1H3. The first kappa shape index (κ1) is 14.7. The van der Waals surface area contributed by atoms with Crippen LogP contribution in [0.1, 0.15) is 31.7 Å². The van der Waals surface area contributed by atoms with E-state index in [1.807, 2.05) is 25.1 Å². The van der Waals surface area contributed by atoms with Gasteiger partial charge in [0.05, 0.1) is 24.5 Å². The second-order valence-electron chi connectivity index (χ2n) is 5.27. The van der Waals surface area contributed by atoms with Gasteiger partial charge in [-0.05, 0) is 19.3 Å². The summed E-state index contributed by atoms with van der Waals surface area (Å²) in [6.07, 6.45) is 3.17. The molecule has 0 radical (unpaired) electrons. The van der Waals surface area contributed by atoms with Crippen LogP contribution in [0.25, 0.3) is 0 Å². The first-order valence-electron chi connectivity index (χ1n) is 6.78. The molecule has 19 heavy (non-hydrogen) atoms. The molecule has 1 heterocycles. The lowest BCUT2D eigenvalue weighted by Crippen LogP contribution is -2.57. The van der Waals surface area contributed by atoms with E-state index in [0.717, 1.165) is 32.5 Å². The summed E-state index contributed by atoms with van der Waals surface area (Å²) in [4.78, 5) is 0. The summed E-state index contributed by atoms with van der Waals surface area (Å²) in [6, 6.07) is 10.2. The van der Waals surface area contributed by atoms with Gasteiger partial charge in [-0.2, -0.15) is 0 Å². The summed E-state index contributed by atoms with van der Waals surface area (Å²) in [5.41, 5.74) is 1.23. The van der Waals surface area contributed by atoms with Crippen LogP contribution in [0.4, 0.5) is 0 Å². The second kappa shape index (κ2) is 6.61. The minimum atomic E-state index is -2.45. The van der Waals surface area contributed by atoms with Crippen molar-refractivity contribution in [2.24, 2.45) is 0 Å². The zero-order chi connectivity index (χ0) is 13.7. The molecular weight excluding hydrogens is 262 g/mol. The molecule has 1 aliphatic rings. The van der Waals surface area contributed by atoms with Crippen LogP contribution in [-0.2, 0) is 22.1 Å². The van der Waals surface area contributed by atoms with Gasteiger partial charge in [0.1, 0.15) is 6.54 Å². The number of hydrogen-bond acceptors (Lipinski definition) is 3. The summed E-state index contributed by atoms with van der Waals surface area (Å²) in [6.45, 7) is 4.66. The monoisotopic (exact) mass is 283 g/mol. The Hall–Kier alpha value is -0.750. The molecule has 0 aliphatic carbocycles. The van der Waals surface area contributed by atoms with Gasteiger partial charge in [0.2, 0.25) is 6.23 Å². The molecule has 0 N–H and O–H groups in total. The number of rotatable bonds is 5. The minimum absolute atomic E-state index is 0.321. The predicted molar refractivity (Wildman–Crippen MR) is 73.5 cm³/mol. The number of benzene rings is 1. The first-order valence-corrected chi connectivity index (χ1v) is 7.78. The molecule has 0 bridgehead atoms. The minimum Gasteiger partial charge on any atom is -0.750 e. The van der Waals surface area contributed by atoms with Gasteiger partial charge >= 0.3 is 0 Å². The molecule has 4 nitrogen and oxygen atoms in total. The Bertz CT molecular complexity index is 418. The largest absolute Gasteiger partial charge is 0.750 e. The van der Waals surface area contributed by atoms with Crippen molar-refractivity contribution >= 4 is 11.4 Å². The van der Waals surface area contributed by atoms with Gasteiger partial charge in [0, 0.05) is 12.5 Å². The maximum atomic E-state index is 10.8. The Morgan fingerprint density at radius 1 is 1.26 bits per heavy atom. The molecule has 1 saturated heterocycles.